The van der Waals surface area contributed by atoms with Crippen LogP contribution < -0.4 is 5.32 Å². The van der Waals surface area contributed by atoms with Crippen molar-refractivity contribution in [3.05, 3.63) is 0 Å². The van der Waals surface area contributed by atoms with E-state index in [1.54, 1.807) is 0 Å². The van der Waals surface area contributed by atoms with Crippen molar-refractivity contribution in [2.45, 2.75) is 72.1 Å². The van der Waals surface area contributed by atoms with Gasteiger partial charge in [0.05, 0.1) is 0 Å². The predicted octanol–water partition coefficient (Wildman–Crippen LogP) is 4.62. The Kier molecular flexibility index (Phi) is 7.92. The second kappa shape index (κ2) is 8.97. The number of hydrogen-bond acceptors (Lipinski definition) is 1. The van der Waals surface area contributed by atoms with Crippen molar-refractivity contribution in [2.75, 3.05) is 13.1 Å². The van der Waals surface area contributed by atoms with Crippen LogP contribution in [0.2, 0.25) is 0 Å². The van der Waals surface area contributed by atoms with Gasteiger partial charge in [-0.3, -0.25) is 0 Å². The van der Waals surface area contributed by atoms with Gasteiger partial charge in [0.15, 0.2) is 0 Å². The van der Waals surface area contributed by atoms with Gasteiger partial charge in [0, 0.05) is 0 Å². The quantitative estimate of drug-likeness (QED) is 0.610. The summed E-state index contributed by atoms with van der Waals surface area (Å²) in [5, 5.41) is 3.53. The molecule has 0 atom stereocenters. The lowest BCUT2D eigenvalue weighted by molar-refractivity contribution is 0.242. The fraction of sp³-hybridized carbons (Fsp3) is 1.00. The van der Waals surface area contributed by atoms with Crippen LogP contribution >= 0.6 is 0 Å². The van der Waals surface area contributed by atoms with E-state index in [4.69, 9.17) is 0 Å². The van der Waals surface area contributed by atoms with E-state index < -0.39 is 0 Å². The molecule has 102 valence electrons. The molecule has 1 heteroatoms. The first-order chi connectivity index (χ1) is 8.22. The van der Waals surface area contributed by atoms with Crippen molar-refractivity contribution in [2.24, 2.45) is 17.8 Å². The predicted molar refractivity (Wildman–Crippen MR) is 77.3 cm³/mol. The molecule has 0 aromatic carbocycles. The zero-order chi connectivity index (χ0) is 12.5. The molecule has 0 aromatic rings. The van der Waals surface area contributed by atoms with Crippen molar-refractivity contribution in [1.29, 1.82) is 0 Å². The molecule has 0 aromatic heterocycles. The molecule has 1 N–H and O–H groups in total. The summed E-state index contributed by atoms with van der Waals surface area (Å²) in [6, 6.07) is 0. The van der Waals surface area contributed by atoms with Gasteiger partial charge in [-0.15, -0.1) is 0 Å². The van der Waals surface area contributed by atoms with E-state index in [-0.39, 0.29) is 0 Å². The van der Waals surface area contributed by atoms with Crippen LogP contribution in [0.25, 0.3) is 0 Å². The first kappa shape index (κ1) is 15.0. The van der Waals surface area contributed by atoms with Gasteiger partial charge in [-0.2, -0.15) is 0 Å². The fourth-order valence-corrected chi connectivity index (χ4v) is 2.99. The van der Waals surface area contributed by atoms with Gasteiger partial charge in [0.25, 0.3) is 0 Å². The van der Waals surface area contributed by atoms with Crippen molar-refractivity contribution in [3.8, 4) is 0 Å². The second-order valence-electron chi connectivity index (χ2n) is 6.40. The molecule has 17 heavy (non-hydrogen) atoms. The second-order valence-corrected chi connectivity index (χ2v) is 6.40. The molecule has 0 saturated heterocycles. The summed E-state index contributed by atoms with van der Waals surface area (Å²) in [5.41, 5.74) is 0. The van der Waals surface area contributed by atoms with Crippen LogP contribution in [-0.2, 0) is 0 Å². The van der Waals surface area contributed by atoms with Crippen LogP contribution in [0.5, 0.6) is 0 Å². The Labute approximate surface area is 109 Å². The van der Waals surface area contributed by atoms with Crippen LogP contribution in [0.4, 0.5) is 0 Å². The van der Waals surface area contributed by atoms with E-state index in [1.165, 1.54) is 64.5 Å². The average Bonchev–Trinajstić information content (AvgIpc) is 2.33. The molecule has 0 unspecified atom stereocenters. The molecule has 0 amide bonds. The van der Waals surface area contributed by atoms with E-state index in [1.807, 2.05) is 0 Å². The standard InChI is InChI=1S/C16H33N/c1-4-12-17-13-11-16-9-7-15(8-10-16)6-5-14(2)3/h14-17H,4-13H2,1-3H3. The highest BCUT2D eigenvalue weighted by Gasteiger charge is 2.20. The average molecular weight is 239 g/mol. The first-order valence-corrected chi connectivity index (χ1v) is 7.93. The Bertz CT molecular complexity index is 168. The Morgan fingerprint density at radius 3 is 2.06 bits per heavy atom. The normalized spacial score (nSPS) is 25.4. The molecule has 0 heterocycles. The first-order valence-electron chi connectivity index (χ1n) is 7.93. The smallest absolute Gasteiger partial charge is 0.00463 e. The van der Waals surface area contributed by atoms with Crippen molar-refractivity contribution in [1.82, 2.24) is 5.32 Å². The molecule has 0 bridgehead atoms. The Morgan fingerprint density at radius 1 is 0.941 bits per heavy atom. The fourth-order valence-electron chi connectivity index (χ4n) is 2.99. The zero-order valence-electron chi connectivity index (χ0n) is 12.3. The van der Waals surface area contributed by atoms with Gasteiger partial charge in [0.1, 0.15) is 0 Å². The zero-order valence-corrected chi connectivity index (χ0v) is 12.3. The van der Waals surface area contributed by atoms with Gasteiger partial charge in [-0.1, -0.05) is 59.3 Å². The molecule has 0 aliphatic heterocycles. The molecular formula is C16H33N. The number of rotatable bonds is 8. The lowest BCUT2D eigenvalue weighted by Crippen LogP contribution is -2.22. The van der Waals surface area contributed by atoms with Gasteiger partial charge >= 0.3 is 0 Å². The Balaban J connectivity index is 2.01. The number of hydrogen-bond donors (Lipinski definition) is 1. The summed E-state index contributed by atoms with van der Waals surface area (Å²) >= 11 is 0. The molecular weight excluding hydrogens is 206 g/mol. The molecule has 0 spiro atoms. The maximum atomic E-state index is 3.53. The van der Waals surface area contributed by atoms with E-state index in [9.17, 15) is 0 Å². The minimum atomic E-state index is 0.894. The third kappa shape index (κ3) is 7.08. The largest absolute Gasteiger partial charge is 0.317 e. The summed E-state index contributed by atoms with van der Waals surface area (Å²) in [4.78, 5) is 0. The van der Waals surface area contributed by atoms with E-state index in [0.29, 0.717) is 0 Å². The lowest BCUT2D eigenvalue weighted by Gasteiger charge is -2.29. The summed E-state index contributed by atoms with van der Waals surface area (Å²) in [7, 11) is 0. The molecule has 1 nitrogen and oxygen atoms in total. The molecule has 1 saturated carbocycles. The molecule has 1 aliphatic carbocycles. The van der Waals surface area contributed by atoms with Gasteiger partial charge < -0.3 is 5.32 Å². The molecule has 1 rings (SSSR count). The van der Waals surface area contributed by atoms with Gasteiger partial charge in [-0.25, -0.2) is 0 Å². The lowest BCUT2D eigenvalue weighted by atomic mass is 9.78. The van der Waals surface area contributed by atoms with Crippen molar-refractivity contribution >= 4 is 0 Å². The maximum absolute atomic E-state index is 3.53. The van der Waals surface area contributed by atoms with Crippen LogP contribution in [0.15, 0.2) is 0 Å². The number of nitrogens with one attached hydrogen (secondary N) is 1. The van der Waals surface area contributed by atoms with E-state index in [2.05, 4.69) is 26.1 Å². The third-order valence-corrected chi connectivity index (χ3v) is 4.27. The third-order valence-electron chi connectivity index (χ3n) is 4.27. The summed E-state index contributed by atoms with van der Waals surface area (Å²) in [6.45, 7) is 9.39. The van der Waals surface area contributed by atoms with E-state index >= 15 is 0 Å². The summed E-state index contributed by atoms with van der Waals surface area (Å²) < 4.78 is 0. The van der Waals surface area contributed by atoms with Gasteiger partial charge in [-0.05, 0) is 43.7 Å². The molecule has 1 fully saturated rings. The minimum absolute atomic E-state index is 0.894. The van der Waals surface area contributed by atoms with Crippen LogP contribution in [0, 0.1) is 17.8 Å². The maximum Gasteiger partial charge on any atom is -0.00463 e. The molecule has 1 aliphatic rings. The summed E-state index contributed by atoms with van der Waals surface area (Å²) in [5.74, 6) is 2.97. The Morgan fingerprint density at radius 2 is 1.53 bits per heavy atom. The van der Waals surface area contributed by atoms with Crippen LogP contribution in [-0.4, -0.2) is 13.1 Å². The van der Waals surface area contributed by atoms with Crippen LogP contribution in [0.1, 0.15) is 72.1 Å². The van der Waals surface area contributed by atoms with Crippen molar-refractivity contribution < 1.29 is 0 Å². The van der Waals surface area contributed by atoms with E-state index in [0.717, 1.165) is 17.8 Å². The Hall–Kier alpha value is -0.0400. The van der Waals surface area contributed by atoms with Crippen LogP contribution in [0.3, 0.4) is 0 Å². The highest BCUT2D eigenvalue weighted by atomic mass is 14.8. The molecule has 0 radical (unpaired) electrons. The topological polar surface area (TPSA) is 12.0 Å². The SMILES string of the molecule is CCCNCCC1CCC(CCC(C)C)CC1. The van der Waals surface area contributed by atoms with Gasteiger partial charge in [0.2, 0.25) is 0 Å². The van der Waals surface area contributed by atoms with Crippen molar-refractivity contribution in [3.63, 3.8) is 0 Å². The highest BCUT2D eigenvalue weighted by Crippen LogP contribution is 2.33. The highest BCUT2D eigenvalue weighted by molar-refractivity contribution is 4.73. The monoisotopic (exact) mass is 239 g/mol. The minimum Gasteiger partial charge on any atom is -0.317 e. The summed E-state index contributed by atoms with van der Waals surface area (Å²) in [6.07, 6.45) is 11.6.